The minimum atomic E-state index is -0.667. The number of hydrogen-bond acceptors (Lipinski definition) is 5. The van der Waals surface area contributed by atoms with Gasteiger partial charge in [-0.3, -0.25) is 9.59 Å². The number of benzene rings is 1. The quantitative estimate of drug-likeness (QED) is 0.571. The van der Waals surface area contributed by atoms with E-state index in [-0.39, 0.29) is 23.4 Å². The normalized spacial score (nSPS) is 14.2. The zero-order chi connectivity index (χ0) is 21.3. The predicted octanol–water partition coefficient (Wildman–Crippen LogP) is 3.30. The zero-order valence-corrected chi connectivity index (χ0v) is 17.4. The summed E-state index contributed by atoms with van der Waals surface area (Å²) in [5.41, 5.74) is 2.30. The number of amides is 1. The number of nitrogens with one attached hydrogen (secondary N) is 1. The lowest BCUT2D eigenvalue weighted by molar-refractivity contribution is 0.0591. The van der Waals surface area contributed by atoms with Crippen LogP contribution in [0.1, 0.15) is 62.2 Å². The summed E-state index contributed by atoms with van der Waals surface area (Å²) >= 11 is 0. The van der Waals surface area contributed by atoms with E-state index in [2.05, 4.69) is 4.98 Å². The minimum Gasteiger partial charge on any atom is -0.497 e. The minimum absolute atomic E-state index is 0.0345. The zero-order valence-electron chi connectivity index (χ0n) is 17.4. The van der Waals surface area contributed by atoms with E-state index in [9.17, 15) is 14.4 Å². The van der Waals surface area contributed by atoms with Crippen molar-refractivity contribution in [3.05, 3.63) is 52.3 Å². The second kappa shape index (κ2) is 8.11. The number of hydrogen-bond donors (Lipinski definition) is 1. The van der Waals surface area contributed by atoms with Gasteiger partial charge in [0.25, 0.3) is 5.91 Å². The molecule has 1 aliphatic rings. The number of esters is 1. The van der Waals surface area contributed by atoms with Crippen LogP contribution in [-0.4, -0.2) is 53.8 Å². The van der Waals surface area contributed by atoms with E-state index in [0.29, 0.717) is 28.1 Å². The molecule has 0 saturated heterocycles. The highest BCUT2D eigenvalue weighted by atomic mass is 16.5. The van der Waals surface area contributed by atoms with Crippen LogP contribution in [0.5, 0.6) is 5.75 Å². The number of methoxy groups -OCH3 is 2. The van der Waals surface area contributed by atoms with Crippen LogP contribution in [0.3, 0.4) is 0 Å². The fraction of sp³-hybridized carbons (Fsp3) is 0.409. The van der Waals surface area contributed by atoms with Gasteiger partial charge in [0.05, 0.1) is 20.3 Å². The summed E-state index contributed by atoms with van der Waals surface area (Å²) in [6.07, 6.45) is 1.73. The van der Waals surface area contributed by atoms with Crippen molar-refractivity contribution in [2.75, 3.05) is 14.2 Å². The molecule has 29 heavy (non-hydrogen) atoms. The fourth-order valence-electron chi connectivity index (χ4n) is 3.68. The van der Waals surface area contributed by atoms with E-state index >= 15 is 0 Å². The fourth-order valence-corrected chi connectivity index (χ4v) is 3.68. The molecule has 2 aromatic rings. The van der Waals surface area contributed by atoms with Crippen molar-refractivity contribution >= 4 is 17.7 Å². The third kappa shape index (κ3) is 3.90. The maximum atomic E-state index is 13.4. The van der Waals surface area contributed by atoms with Crippen molar-refractivity contribution in [2.24, 2.45) is 0 Å². The van der Waals surface area contributed by atoms with Crippen LogP contribution in [0.4, 0.5) is 0 Å². The topological polar surface area (TPSA) is 88.7 Å². The van der Waals surface area contributed by atoms with Gasteiger partial charge in [0.1, 0.15) is 11.4 Å². The molecule has 1 atom stereocenters. The number of nitrogens with zero attached hydrogens (tertiary/aromatic N) is 1. The lowest BCUT2D eigenvalue weighted by Gasteiger charge is -2.29. The third-order valence-electron chi connectivity index (χ3n) is 5.36. The number of carbonyl (C=O) groups is 3. The van der Waals surface area contributed by atoms with Crippen LogP contribution < -0.4 is 4.74 Å². The maximum absolute atomic E-state index is 13.4. The molecule has 1 unspecified atom stereocenters. The standard InChI is InChI=1S/C22H26N2O5/c1-12-18(13(2)23-19(12)22(27)29-5)20(25)14(3)24(16-9-10-16)21(26)15-7-6-8-17(11-15)28-4/h6-8,11,14,16,23H,9-10H2,1-5H3. The first-order chi connectivity index (χ1) is 13.8. The summed E-state index contributed by atoms with van der Waals surface area (Å²) < 4.78 is 10.0. The molecule has 1 aromatic heterocycles. The Bertz CT molecular complexity index is 958. The number of aryl methyl sites for hydroxylation is 1. The molecule has 0 radical (unpaired) electrons. The van der Waals surface area contributed by atoms with Crippen molar-refractivity contribution in [3.8, 4) is 5.75 Å². The highest BCUT2D eigenvalue weighted by Gasteiger charge is 2.40. The molecular weight excluding hydrogens is 372 g/mol. The summed E-state index contributed by atoms with van der Waals surface area (Å²) in [7, 11) is 2.84. The number of aromatic nitrogens is 1. The van der Waals surface area contributed by atoms with Crippen molar-refractivity contribution in [3.63, 3.8) is 0 Å². The molecule has 1 aromatic carbocycles. The van der Waals surface area contributed by atoms with Crippen LogP contribution in [0.25, 0.3) is 0 Å². The molecule has 1 saturated carbocycles. The Hall–Kier alpha value is -3.09. The molecule has 7 nitrogen and oxygen atoms in total. The highest BCUT2D eigenvalue weighted by Crippen LogP contribution is 2.32. The predicted molar refractivity (Wildman–Crippen MR) is 108 cm³/mol. The number of ether oxygens (including phenoxy) is 2. The summed E-state index contributed by atoms with van der Waals surface area (Å²) in [4.78, 5) is 43.1. The van der Waals surface area contributed by atoms with Gasteiger partial charge in [-0.1, -0.05) is 6.07 Å². The van der Waals surface area contributed by atoms with E-state index in [1.54, 1.807) is 57.0 Å². The first kappa shape index (κ1) is 20.6. The molecule has 1 aliphatic carbocycles. The van der Waals surface area contributed by atoms with Crippen LogP contribution in [0.2, 0.25) is 0 Å². The molecule has 0 spiro atoms. The van der Waals surface area contributed by atoms with E-state index < -0.39 is 12.0 Å². The Morgan fingerprint density at radius 3 is 2.45 bits per heavy atom. The van der Waals surface area contributed by atoms with Gasteiger partial charge >= 0.3 is 5.97 Å². The second-order valence-electron chi connectivity index (χ2n) is 7.33. The summed E-state index contributed by atoms with van der Waals surface area (Å²) in [5.74, 6) is -0.338. The summed E-state index contributed by atoms with van der Waals surface area (Å²) in [5, 5.41) is 0. The molecule has 0 bridgehead atoms. The second-order valence-corrected chi connectivity index (χ2v) is 7.33. The molecule has 1 fully saturated rings. The summed E-state index contributed by atoms with van der Waals surface area (Å²) in [6.45, 7) is 5.19. The number of aromatic amines is 1. The number of Topliss-reactive ketones (excluding diaryl/α,β-unsaturated/α-hetero) is 1. The number of H-pyrrole nitrogens is 1. The van der Waals surface area contributed by atoms with Gasteiger partial charge in [0.2, 0.25) is 0 Å². The molecule has 1 amide bonds. The van der Waals surface area contributed by atoms with Gasteiger partial charge in [0.15, 0.2) is 5.78 Å². The van der Waals surface area contributed by atoms with E-state index in [1.165, 1.54) is 7.11 Å². The van der Waals surface area contributed by atoms with Gasteiger partial charge < -0.3 is 19.4 Å². The molecule has 7 heteroatoms. The van der Waals surface area contributed by atoms with E-state index in [0.717, 1.165) is 12.8 Å². The number of carbonyl (C=O) groups excluding carboxylic acids is 3. The summed E-state index contributed by atoms with van der Waals surface area (Å²) in [6, 6.07) is 6.30. The molecule has 154 valence electrons. The average Bonchev–Trinajstić information content (AvgIpc) is 3.51. The van der Waals surface area contributed by atoms with Gasteiger partial charge in [0, 0.05) is 22.9 Å². The smallest absolute Gasteiger partial charge is 0.354 e. The van der Waals surface area contributed by atoms with Crippen molar-refractivity contribution < 1.29 is 23.9 Å². The number of ketones is 1. The maximum Gasteiger partial charge on any atom is 0.354 e. The van der Waals surface area contributed by atoms with Crippen molar-refractivity contribution in [2.45, 2.75) is 45.7 Å². The third-order valence-corrected chi connectivity index (χ3v) is 5.36. The van der Waals surface area contributed by atoms with Gasteiger partial charge in [-0.25, -0.2) is 4.79 Å². The van der Waals surface area contributed by atoms with E-state index in [1.807, 2.05) is 0 Å². The van der Waals surface area contributed by atoms with Gasteiger partial charge in [-0.15, -0.1) is 0 Å². The van der Waals surface area contributed by atoms with Gasteiger partial charge in [-0.2, -0.15) is 0 Å². The molecule has 1 heterocycles. The Labute approximate surface area is 170 Å². The lowest BCUT2D eigenvalue weighted by atomic mass is 9.99. The molecule has 1 N–H and O–H groups in total. The van der Waals surface area contributed by atoms with Crippen LogP contribution in [0, 0.1) is 13.8 Å². The van der Waals surface area contributed by atoms with Crippen molar-refractivity contribution in [1.29, 1.82) is 0 Å². The number of rotatable bonds is 7. The Kier molecular flexibility index (Phi) is 5.77. The Balaban J connectivity index is 1.93. The SMILES string of the molecule is COC(=O)c1[nH]c(C)c(C(=O)C(C)N(C(=O)c2cccc(OC)c2)C2CC2)c1C. The lowest BCUT2D eigenvalue weighted by Crippen LogP contribution is -2.45. The highest BCUT2D eigenvalue weighted by molar-refractivity contribution is 6.07. The monoisotopic (exact) mass is 398 g/mol. The molecule has 0 aliphatic heterocycles. The Morgan fingerprint density at radius 2 is 1.86 bits per heavy atom. The van der Waals surface area contributed by atoms with Crippen LogP contribution >= 0.6 is 0 Å². The largest absolute Gasteiger partial charge is 0.497 e. The first-order valence-corrected chi connectivity index (χ1v) is 9.58. The van der Waals surface area contributed by atoms with Crippen LogP contribution in [0.15, 0.2) is 24.3 Å². The van der Waals surface area contributed by atoms with E-state index in [4.69, 9.17) is 9.47 Å². The van der Waals surface area contributed by atoms with Crippen LogP contribution in [-0.2, 0) is 4.74 Å². The molecule has 3 rings (SSSR count). The van der Waals surface area contributed by atoms with Gasteiger partial charge in [-0.05, 0) is 57.4 Å². The Morgan fingerprint density at radius 1 is 1.17 bits per heavy atom. The average molecular weight is 398 g/mol. The first-order valence-electron chi connectivity index (χ1n) is 9.58. The molecular formula is C22H26N2O5. The van der Waals surface area contributed by atoms with Crippen molar-refractivity contribution in [1.82, 2.24) is 9.88 Å².